The first kappa shape index (κ1) is 24.6. The summed E-state index contributed by atoms with van der Waals surface area (Å²) in [5.74, 6) is 2.65. The molecule has 0 aromatic heterocycles. The van der Waals surface area contributed by atoms with Gasteiger partial charge in [-0.05, 0) is 29.3 Å². The zero-order valence-electron chi connectivity index (χ0n) is 18.6. The van der Waals surface area contributed by atoms with Crippen molar-refractivity contribution in [1.29, 1.82) is 0 Å². The first-order chi connectivity index (χ1) is 15.3. The zero-order chi connectivity index (χ0) is 21.3. The van der Waals surface area contributed by atoms with E-state index >= 15 is 0 Å². The van der Waals surface area contributed by atoms with Gasteiger partial charge >= 0.3 is 0 Å². The van der Waals surface area contributed by atoms with E-state index in [1.165, 1.54) is 5.56 Å². The molecule has 2 aromatic carbocycles. The predicted molar refractivity (Wildman–Crippen MR) is 137 cm³/mol. The van der Waals surface area contributed by atoms with Crippen LogP contribution in [-0.4, -0.2) is 70.0 Å². The summed E-state index contributed by atoms with van der Waals surface area (Å²) in [6.07, 6.45) is 1.04. The quantitative estimate of drug-likeness (QED) is 0.299. The Bertz CT molecular complexity index is 849. The summed E-state index contributed by atoms with van der Waals surface area (Å²) >= 11 is 0. The number of aliphatic imine (C=N–C) groups is 1. The van der Waals surface area contributed by atoms with Crippen LogP contribution in [0.5, 0.6) is 11.5 Å². The molecule has 32 heavy (non-hydrogen) atoms. The van der Waals surface area contributed by atoms with Crippen LogP contribution in [0, 0.1) is 0 Å². The SMILES string of the molecule is CN=C(NCc1cccc(OCCN2CCOCC2)c1)NCC1Cc2ccccc2O1.I. The molecule has 2 heterocycles. The Kier molecular flexibility index (Phi) is 9.89. The van der Waals surface area contributed by atoms with Crippen molar-refractivity contribution in [3.05, 3.63) is 59.7 Å². The zero-order valence-corrected chi connectivity index (χ0v) is 20.9. The molecule has 174 valence electrons. The lowest BCUT2D eigenvalue weighted by Gasteiger charge is -2.26. The summed E-state index contributed by atoms with van der Waals surface area (Å²) in [6, 6.07) is 16.4. The number of para-hydroxylation sites is 1. The Hall–Kier alpha value is -2.04. The maximum atomic E-state index is 5.99. The number of guanidine groups is 1. The van der Waals surface area contributed by atoms with E-state index in [1.54, 1.807) is 7.05 Å². The van der Waals surface area contributed by atoms with Crippen molar-refractivity contribution < 1.29 is 14.2 Å². The number of hydrogen-bond donors (Lipinski definition) is 2. The van der Waals surface area contributed by atoms with Crippen LogP contribution >= 0.6 is 24.0 Å². The molecule has 0 amide bonds. The van der Waals surface area contributed by atoms with Gasteiger partial charge in [-0.3, -0.25) is 9.89 Å². The van der Waals surface area contributed by atoms with Crippen LogP contribution in [0.15, 0.2) is 53.5 Å². The summed E-state index contributed by atoms with van der Waals surface area (Å²) in [5.41, 5.74) is 2.42. The molecule has 0 spiro atoms. The molecule has 1 saturated heterocycles. The third-order valence-electron chi connectivity index (χ3n) is 5.57. The van der Waals surface area contributed by atoms with Crippen molar-refractivity contribution in [2.75, 3.05) is 53.0 Å². The molecule has 2 aromatic rings. The van der Waals surface area contributed by atoms with Gasteiger partial charge in [0.05, 0.1) is 19.8 Å². The maximum Gasteiger partial charge on any atom is 0.191 e. The van der Waals surface area contributed by atoms with E-state index in [9.17, 15) is 0 Å². The van der Waals surface area contributed by atoms with E-state index in [0.29, 0.717) is 19.7 Å². The average Bonchev–Trinajstić information content (AvgIpc) is 3.23. The highest BCUT2D eigenvalue weighted by atomic mass is 127. The van der Waals surface area contributed by atoms with E-state index in [2.05, 4.69) is 44.8 Å². The lowest BCUT2D eigenvalue weighted by molar-refractivity contribution is 0.0322. The molecule has 8 heteroatoms. The molecular formula is C24H33IN4O3. The van der Waals surface area contributed by atoms with Gasteiger partial charge in [-0.1, -0.05) is 30.3 Å². The fraction of sp³-hybridized carbons (Fsp3) is 0.458. The summed E-state index contributed by atoms with van der Waals surface area (Å²) < 4.78 is 17.3. The summed E-state index contributed by atoms with van der Waals surface area (Å²) in [7, 11) is 1.78. The summed E-state index contributed by atoms with van der Waals surface area (Å²) in [6.45, 7) is 6.59. The number of hydrogen-bond acceptors (Lipinski definition) is 5. The average molecular weight is 552 g/mol. The van der Waals surface area contributed by atoms with Crippen LogP contribution in [0.25, 0.3) is 0 Å². The van der Waals surface area contributed by atoms with Crippen molar-refractivity contribution in [2.24, 2.45) is 4.99 Å². The molecule has 0 bridgehead atoms. The van der Waals surface area contributed by atoms with Gasteiger partial charge in [0, 0.05) is 39.6 Å². The van der Waals surface area contributed by atoms with Crippen LogP contribution in [0.3, 0.4) is 0 Å². The summed E-state index contributed by atoms with van der Waals surface area (Å²) in [4.78, 5) is 6.70. The lowest BCUT2D eigenvalue weighted by Crippen LogP contribution is -2.41. The van der Waals surface area contributed by atoms with Crippen LogP contribution in [-0.2, 0) is 17.7 Å². The maximum absolute atomic E-state index is 5.99. The Balaban J connectivity index is 0.00000289. The van der Waals surface area contributed by atoms with Crippen molar-refractivity contribution in [3.8, 4) is 11.5 Å². The third-order valence-corrected chi connectivity index (χ3v) is 5.57. The largest absolute Gasteiger partial charge is 0.492 e. The highest BCUT2D eigenvalue weighted by molar-refractivity contribution is 14.0. The van der Waals surface area contributed by atoms with Crippen LogP contribution in [0.1, 0.15) is 11.1 Å². The molecular weight excluding hydrogens is 519 g/mol. The minimum absolute atomic E-state index is 0. The van der Waals surface area contributed by atoms with Gasteiger partial charge in [0.2, 0.25) is 0 Å². The van der Waals surface area contributed by atoms with Gasteiger partial charge in [-0.25, -0.2) is 0 Å². The van der Waals surface area contributed by atoms with E-state index in [-0.39, 0.29) is 30.1 Å². The molecule has 0 aliphatic carbocycles. The minimum Gasteiger partial charge on any atom is -0.492 e. The number of nitrogens with one attached hydrogen (secondary N) is 2. The Labute approximate surface area is 207 Å². The highest BCUT2D eigenvalue weighted by Crippen LogP contribution is 2.27. The van der Waals surface area contributed by atoms with E-state index in [4.69, 9.17) is 14.2 Å². The second kappa shape index (κ2) is 12.9. The molecule has 7 nitrogen and oxygen atoms in total. The smallest absolute Gasteiger partial charge is 0.191 e. The molecule has 1 unspecified atom stereocenters. The van der Waals surface area contributed by atoms with Gasteiger partial charge in [-0.2, -0.15) is 0 Å². The Morgan fingerprint density at radius 3 is 2.78 bits per heavy atom. The van der Waals surface area contributed by atoms with Crippen molar-refractivity contribution >= 4 is 29.9 Å². The molecule has 4 rings (SSSR count). The minimum atomic E-state index is 0. The Morgan fingerprint density at radius 2 is 1.97 bits per heavy atom. The first-order valence-electron chi connectivity index (χ1n) is 11.0. The number of ether oxygens (including phenoxy) is 3. The standard InChI is InChI=1S/C24H32N4O3.HI/c1-25-24(27-18-22-16-20-6-2-3-8-23(20)31-22)26-17-19-5-4-7-21(15-19)30-14-11-28-9-12-29-13-10-28;/h2-8,15,22H,9-14,16-18H2,1H3,(H2,25,26,27);1H. The fourth-order valence-electron chi connectivity index (χ4n) is 3.85. The van der Waals surface area contributed by atoms with Gasteiger partial charge < -0.3 is 24.8 Å². The monoisotopic (exact) mass is 552 g/mol. The predicted octanol–water partition coefficient (Wildman–Crippen LogP) is 2.68. The molecule has 2 N–H and O–H groups in total. The Morgan fingerprint density at radius 1 is 1.12 bits per heavy atom. The van der Waals surface area contributed by atoms with E-state index < -0.39 is 0 Å². The molecule has 1 atom stereocenters. The molecule has 0 saturated carbocycles. The van der Waals surface area contributed by atoms with Crippen LogP contribution < -0.4 is 20.1 Å². The van der Waals surface area contributed by atoms with E-state index in [0.717, 1.165) is 62.3 Å². The number of morpholine rings is 1. The number of benzene rings is 2. The summed E-state index contributed by atoms with van der Waals surface area (Å²) in [5, 5.41) is 6.74. The van der Waals surface area contributed by atoms with Crippen LogP contribution in [0.4, 0.5) is 0 Å². The normalized spacial score (nSPS) is 18.3. The van der Waals surface area contributed by atoms with Gasteiger partial charge in [-0.15, -0.1) is 24.0 Å². The number of rotatable bonds is 8. The topological polar surface area (TPSA) is 67.4 Å². The van der Waals surface area contributed by atoms with Crippen molar-refractivity contribution in [1.82, 2.24) is 15.5 Å². The molecule has 0 radical (unpaired) electrons. The third kappa shape index (κ3) is 7.25. The van der Waals surface area contributed by atoms with Gasteiger partial charge in [0.25, 0.3) is 0 Å². The molecule has 1 fully saturated rings. The van der Waals surface area contributed by atoms with Crippen molar-refractivity contribution in [3.63, 3.8) is 0 Å². The first-order valence-corrected chi connectivity index (χ1v) is 11.0. The van der Waals surface area contributed by atoms with Gasteiger partial charge in [0.15, 0.2) is 5.96 Å². The second-order valence-corrected chi connectivity index (χ2v) is 7.81. The highest BCUT2D eigenvalue weighted by Gasteiger charge is 2.22. The fourth-order valence-corrected chi connectivity index (χ4v) is 3.85. The molecule has 2 aliphatic rings. The van der Waals surface area contributed by atoms with Crippen LogP contribution in [0.2, 0.25) is 0 Å². The van der Waals surface area contributed by atoms with E-state index in [1.807, 2.05) is 24.3 Å². The lowest BCUT2D eigenvalue weighted by atomic mass is 10.1. The van der Waals surface area contributed by atoms with Crippen molar-refractivity contribution in [2.45, 2.75) is 19.1 Å². The second-order valence-electron chi connectivity index (χ2n) is 7.81. The van der Waals surface area contributed by atoms with Gasteiger partial charge in [0.1, 0.15) is 24.2 Å². The molecule has 2 aliphatic heterocycles. The number of nitrogens with zero attached hydrogens (tertiary/aromatic N) is 2. The number of fused-ring (bicyclic) bond motifs is 1. The number of halogens is 1.